The monoisotopic (exact) mass is 438 g/mol. The van der Waals surface area contributed by atoms with E-state index in [0.717, 1.165) is 25.7 Å². The van der Waals surface area contributed by atoms with Crippen LogP contribution in [0, 0.1) is 5.92 Å². The molecule has 0 aliphatic heterocycles. The van der Waals surface area contributed by atoms with Crippen molar-refractivity contribution in [2.45, 2.75) is 64.7 Å². The molecule has 0 bridgehead atoms. The molecule has 1 fully saturated rings. The van der Waals surface area contributed by atoms with Crippen LogP contribution in [0.5, 0.6) is 0 Å². The maximum Gasteiger partial charge on any atom is 0.407 e. The second-order valence-corrected chi connectivity index (χ2v) is 9.73. The number of alkyl carbamates (subject to hydrolysis) is 1. The van der Waals surface area contributed by atoms with Crippen LogP contribution < -0.4 is 10.0 Å². The Morgan fingerprint density at radius 2 is 1.93 bits per heavy atom. The number of anilines is 1. The Morgan fingerprint density at radius 3 is 2.67 bits per heavy atom. The first-order chi connectivity index (χ1) is 14.4. The summed E-state index contributed by atoms with van der Waals surface area (Å²) in [6.07, 6.45) is 7.86. The number of unbranched alkanes of at least 4 members (excludes halogenated alkanes) is 1. The summed E-state index contributed by atoms with van der Waals surface area (Å²) in [6.45, 7) is 2.55. The summed E-state index contributed by atoms with van der Waals surface area (Å²) in [5, 5.41) is 2.62. The van der Waals surface area contributed by atoms with Gasteiger partial charge >= 0.3 is 6.09 Å². The molecular formula is C22H34N2O5S. The van der Waals surface area contributed by atoms with Gasteiger partial charge in [0.05, 0.1) is 5.75 Å². The zero-order valence-corrected chi connectivity index (χ0v) is 18.6. The lowest BCUT2D eigenvalue weighted by atomic mass is 9.88. The molecule has 30 heavy (non-hydrogen) atoms. The lowest BCUT2D eigenvalue weighted by Crippen LogP contribution is -2.26. The number of Topliss-reactive ketones (excluding diaryl/α,β-unsaturated/α-hetero) is 1. The fourth-order valence-electron chi connectivity index (χ4n) is 3.58. The summed E-state index contributed by atoms with van der Waals surface area (Å²) in [7, 11) is -3.45. The molecule has 1 aromatic carbocycles. The number of hydrogen-bond acceptors (Lipinski definition) is 5. The average Bonchev–Trinajstić information content (AvgIpc) is 2.73. The van der Waals surface area contributed by atoms with Crippen LogP contribution in [-0.4, -0.2) is 39.2 Å². The maximum absolute atomic E-state index is 12.4. The highest BCUT2D eigenvalue weighted by Crippen LogP contribution is 2.27. The molecule has 1 aliphatic rings. The highest BCUT2D eigenvalue weighted by Gasteiger charge is 2.18. The van der Waals surface area contributed by atoms with Gasteiger partial charge in [0.2, 0.25) is 10.0 Å². The van der Waals surface area contributed by atoms with Gasteiger partial charge in [0, 0.05) is 24.2 Å². The number of sulfonamides is 1. The molecule has 1 amide bonds. The third-order valence-corrected chi connectivity index (χ3v) is 6.66. The number of nitrogens with one attached hydrogen (secondary N) is 2. The first kappa shape index (κ1) is 24.2. The Labute approximate surface area is 180 Å². The van der Waals surface area contributed by atoms with Gasteiger partial charge in [0.15, 0.2) is 5.78 Å². The largest absolute Gasteiger partial charge is 0.449 e. The van der Waals surface area contributed by atoms with Crippen molar-refractivity contribution in [1.29, 1.82) is 0 Å². The Kier molecular flexibility index (Phi) is 10.1. The van der Waals surface area contributed by atoms with Crippen molar-refractivity contribution in [1.82, 2.24) is 5.32 Å². The first-order valence-corrected chi connectivity index (χ1v) is 12.6. The highest BCUT2D eigenvalue weighted by molar-refractivity contribution is 7.92. The van der Waals surface area contributed by atoms with E-state index in [1.165, 1.54) is 25.3 Å². The lowest BCUT2D eigenvalue weighted by molar-refractivity contribution is 0.0933. The zero-order valence-electron chi connectivity index (χ0n) is 17.8. The van der Waals surface area contributed by atoms with E-state index in [9.17, 15) is 18.0 Å². The smallest absolute Gasteiger partial charge is 0.407 e. The van der Waals surface area contributed by atoms with Crippen molar-refractivity contribution < 1.29 is 22.7 Å². The molecule has 0 radical (unpaired) electrons. The van der Waals surface area contributed by atoms with Crippen LogP contribution in [0.4, 0.5) is 10.5 Å². The fraction of sp³-hybridized carbons (Fsp3) is 0.636. The van der Waals surface area contributed by atoms with Gasteiger partial charge in [-0.25, -0.2) is 13.2 Å². The molecule has 8 heteroatoms. The molecule has 0 heterocycles. The van der Waals surface area contributed by atoms with Gasteiger partial charge in [0.1, 0.15) is 6.61 Å². The van der Waals surface area contributed by atoms with Crippen LogP contribution in [0.25, 0.3) is 0 Å². The molecule has 1 aliphatic carbocycles. The van der Waals surface area contributed by atoms with Gasteiger partial charge in [-0.05, 0) is 30.9 Å². The molecule has 0 saturated heterocycles. The predicted molar refractivity (Wildman–Crippen MR) is 118 cm³/mol. The van der Waals surface area contributed by atoms with E-state index in [1.54, 1.807) is 18.2 Å². The van der Waals surface area contributed by atoms with Crippen molar-refractivity contribution in [3.05, 3.63) is 29.8 Å². The molecule has 0 atom stereocenters. The van der Waals surface area contributed by atoms with Crippen LogP contribution in [0.3, 0.4) is 0 Å². The predicted octanol–water partition coefficient (Wildman–Crippen LogP) is 4.50. The van der Waals surface area contributed by atoms with E-state index in [4.69, 9.17) is 4.74 Å². The van der Waals surface area contributed by atoms with E-state index in [0.29, 0.717) is 30.1 Å². The third kappa shape index (κ3) is 9.15. The highest BCUT2D eigenvalue weighted by atomic mass is 32.2. The second-order valence-electron chi connectivity index (χ2n) is 7.88. The van der Waals surface area contributed by atoms with Crippen molar-refractivity contribution in [2.75, 3.05) is 23.6 Å². The van der Waals surface area contributed by atoms with Crippen LogP contribution in [-0.2, 0) is 14.8 Å². The van der Waals surface area contributed by atoms with Crippen molar-refractivity contribution in [3.8, 4) is 0 Å². The summed E-state index contributed by atoms with van der Waals surface area (Å²) in [4.78, 5) is 23.8. The van der Waals surface area contributed by atoms with Crippen LogP contribution >= 0.6 is 0 Å². The van der Waals surface area contributed by atoms with Crippen LogP contribution in [0.1, 0.15) is 75.1 Å². The summed E-state index contributed by atoms with van der Waals surface area (Å²) in [5.74, 6) is 0.374. The number of carbonyl (C=O) groups is 2. The first-order valence-electron chi connectivity index (χ1n) is 10.9. The standard InChI is InChI=1S/C22H34N2O5S/c1-2-3-14-23-22(26)29-15-12-21(25)19-10-7-11-20(17-19)24-30(27,28)16-13-18-8-5-4-6-9-18/h7,10-11,17-18,24H,2-6,8-9,12-16H2,1H3,(H,23,26). The van der Waals surface area contributed by atoms with Gasteiger partial charge in [0.25, 0.3) is 0 Å². The summed E-state index contributed by atoms with van der Waals surface area (Å²) >= 11 is 0. The molecular weight excluding hydrogens is 404 g/mol. The maximum atomic E-state index is 12.4. The number of carbonyl (C=O) groups excluding carboxylic acids is 2. The van der Waals surface area contributed by atoms with Gasteiger partial charge in [-0.2, -0.15) is 0 Å². The topological polar surface area (TPSA) is 102 Å². The van der Waals surface area contributed by atoms with Crippen molar-refractivity contribution in [2.24, 2.45) is 5.92 Å². The van der Waals surface area contributed by atoms with E-state index >= 15 is 0 Å². The zero-order chi connectivity index (χ0) is 21.8. The number of hydrogen-bond donors (Lipinski definition) is 2. The number of ether oxygens (including phenoxy) is 1. The number of rotatable bonds is 12. The van der Waals surface area contributed by atoms with E-state index < -0.39 is 16.1 Å². The molecule has 0 spiro atoms. The minimum Gasteiger partial charge on any atom is -0.449 e. The van der Waals surface area contributed by atoms with E-state index in [2.05, 4.69) is 10.0 Å². The summed E-state index contributed by atoms with van der Waals surface area (Å²) in [5.41, 5.74) is 0.764. The van der Waals surface area contributed by atoms with Gasteiger partial charge in [-0.1, -0.05) is 57.6 Å². The SMILES string of the molecule is CCCCNC(=O)OCCC(=O)c1cccc(NS(=O)(=O)CCC2CCCCC2)c1. The molecule has 2 rings (SSSR count). The Bertz CT molecular complexity index is 788. The molecule has 0 unspecified atom stereocenters. The molecule has 1 aromatic rings. The molecule has 7 nitrogen and oxygen atoms in total. The second kappa shape index (κ2) is 12.6. The van der Waals surface area contributed by atoms with Crippen LogP contribution in [0.2, 0.25) is 0 Å². The number of ketones is 1. The number of amides is 1. The van der Waals surface area contributed by atoms with Crippen molar-refractivity contribution in [3.63, 3.8) is 0 Å². The fourth-order valence-corrected chi connectivity index (χ4v) is 4.82. The molecule has 1 saturated carbocycles. The molecule has 168 valence electrons. The number of benzene rings is 1. The minimum absolute atomic E-state index is 0.0197. The quantitative estimate of drug-likeness (QED) is 0.370. The normalized spacial score (nSPS) is 14.8. The molecule has 2 N–H and O–H groups in total. The van der Waals surface area contributed by atoms with Crippen molar-refractivity contribution >= 4 is 27.6 Å². The summed E-state index contributed by atoms with van der Waals surface area (Å²) < 4.78 is 32.4. The lowest BCUT2D eigenvalue weighted by Gasteiger charge is -2.21. The summed E-state index contributed by atoms with van der Waals surface area (Å²) in [6, 6.07) is 6.43. The van der Waals surface area contributed by atoms with E-state index in [-0.39, 0.29) is 24.6 Å². The average molecular weight is 439 g/mol. The Morgan fingerprint density at radius 1 is 1.17 bits per heavy atom. The Balaban J connectivity index is 1.79. The van der Waals surface area contributed by atoms with Gasteiger partial charge < -0.3 is 10.1 Å². The van der Waals surface area contributed by atoms with Crippen LogP contribution in [0.15, 0.2) is 24.3 Å². The van der Waals surface area contributed by atoms with Gasteiger partial charge in [-0.3, -0.25) is 9.52 Å². The minimum atomic E-state index is -3.45. The Hall–Kier alpha value is -2.09. The third-order valence-electron chi connectivity index (χ3n) is 5.34. The van der Waals surface area contributed by atoms with Gasteiger partial charge in [-0.15, -0.1) is 0 Å². The molecule has 0 aromatic heterocycles. The van der Waals surface area contributed by atoms with E-state index in [1.807, 2.05) is 6.92 Å².